The van der Waals surface area contributed by atoms with Crippen LogP contribution in [0.5, 0.6) is 5.75 Å². The van der Waals surface area contributed by atoms with Crippen molar-refractivity contribution in [2.24, 2.45) is 5.41 Å². The van der Waals surface area contributed by atoms with Gasteiger partial charge in [-0.25, -0.2) is 14.5 Å². The lowest BCUT2D eigenvalue weighted by Crippen LogP contribution is -2.47. The molecule has 3 N–H and O–H groups in total. The van der Waals surface area contributed by atoms with Crippen LogP contribution >= 0.6 is 0 Å². The van der Waals surface area contributed by atoms with E-state index < -0.39 is 30.0 Å². The van der Waals surface area contributed by atoms with Crippen molar-refractivity contribution in [2.45, 2.75) is 39.3 Å². The second-order valence-corrected chi connectivity index (χ2v) is 7.35. The fourth-order valence-electron chi connectivity index (χ4n) is 2.80. The van der Waals surface area contributed by atoms with Gasteiger partial charge in [-0.05, 0) is 29.5 Å². The lowest BCUT2D eigenvalue weighted by atomic mass is 9.87. The number of rotatable bonds is 7. The van der Waals surface area contributed by atoms with Crippen molar-refractivity contribution in [3.05, 3.63) is 29.8 Å². The Hall–Kier alpha value is -2.61. The van der Waals surface area contributed by atoms with Gasteiger partial charge in [0.15, 0.2) is 0 Å². The maximum Gasteiger partial charge on any atom is 0.327 e. The Morgan fingerprint density at radius 3 is 2.38 bits per heavy atom. The summed E-state index contributed by atoms with van der Waals surface area (Å²) < 4.78 is 5.26. The second-order valence-electron chi connectivity index (χ2n) is 7.35. The van der Waals surface area contributed by atoms with Crippen LogP contribution in [0.25, 0.3) is 0 Å². The first-order valence-corrected chi connectivity index (χ1v) is 8.34. The number of aliphatic hydroxyl groups excluding tert-OH is 1. The van der Waals surface area contributed by atoms with E-state index in [1.165, 1.54) is 0 Å². The fourth-order valence-corrected chi connectivity index (χ4v) is 2.80. The van der Waals surface area contributed by atoms with Crippen LogP contribution in [-0.4, -0.2) is 52.3 Å². The smallest absolute Gasteiger partial charge is 0.327 e. The number of hydrogen-bond acceptors (Lipinski definition) is 5. The number of carbonyl (C=O) groups excluding carboxylic acids is 2. The third-order valence-electron chi connectivity index (χ3n) is 3.95. The molecule has 1 aromatic rings. The molecule has 1 heterocycles. The van der Waals surface area contributed by atoms with Gasteiger partial charge in [0, 0.05) is 0 Å². The van der Waals surface area contributed by atoms with Gasteiger partial charge in [0.1, 0.15) is 24.4 Å². The highest BCUT2D eigenvalue weighted by Gasteiger charge is 2.46. The molecule has 1 aromatic carbocycles. The molecule has 8 heteroatoms. The van der Waals surface area contributed by atoms with E-state index in [9.17, 15) is 19.5 Å². The number of nitrogens with zero attached hydrogens (tertiary/aromatic N) is 1. The molecule has 26 heavy (non-hydrogen) atoms. The van der Waals surface area contributed by atoms with Gasteiger partial charge in [0.25, 0.3) is 5.91 Å². The number of ether oxygens (including phenoxy) is 1. The number of aliphatic hydroxyl groups is 1. The summed E-state index contributed by atoms with van der Waals surface area (Å²) in [5.74, 6) is -1.28. The number of hydrogen-bond donors (Lipinski definition) is 3. The number of carbonyl (C=O) groups is 3. The number of imide groups is 1. The SMILES string of the molecule is CC(C)(C)CC(C(=O)O)N1C(=O)NC(c2ccc(OCCO)cc2)C1=O. The largest absolute Gasteiger partial charge is 0.491 e. The highest BCUT2D eigenvalue weighted by atomic mass is 16.5. The van der Waals surface area contributed by atoms with Crippen LogP contribution in [-0.2, 0) is 9.59 Å². The number of nitrogens with one attached hydrogen (secondary N) is 1. The molecule has 0 saturated carbocycles. The minimum absolute atomic E-state index is 0.113. The van der Waals surface area contributed by atoms with E-state index >= 15 is 0 Å². The third kappa shape index (κ3) is 4.51. The molecule has 0 aromatic heterocycles. The van der Waals surface area contributed by atoms with E-state index in [0.29, 0.717) is 11.3 Å². The quantitative estimate of drug-likeness (QED) is 0.632. The molecule has 142 valence electrons. The van der Waals surface area contributed by atoms with Crippen LogP contribution in [0.3, 0.4) is 0 Å². The monoisotopic (exact) mass is 364 g/mol. The van der Waals surface area contributed by atoms with E-state index in [1.807, 2.05) is 20.8 Å². The van der Waals surface area contributed by atoms with Gasteiger partial charge in [-0.3, -0.25) is 4.79 Å². The average Bonchev–Trinajstić information content (AvgIpc) is 2.85. The van der Waals surface area contributed by atoms with Crippen LogP contribution in [0.1, 0.15) is 38.8 Å². The van der Waals surface area contributed by atoms with Crippen molar-refractivity contribution in [1.29, 1.82) is 0 Å². The van der Waals surface area contributed by atoms with Crippen LogP contribution in [0.2, 0.25) is 0 Å². The summed E-state index contributed by atoms with van der Waals surface area (Å²) >= 11 is 0. The summed E-state index contributed by atoms with van der Waals surface area (Å²) in [6.07, 6.45) is 0.155. The van der Waals surface area contributed by atoms with Crippen molar-refractivity contribution in [2.75, 3.05) is 13.2 Å². The first-order chi connectivity index (χ1) is 12.1. The van der Waals surface area contributed by atoms with E-state index in [4.69, 9.17) is 9.84 Å². The lowest BCUT2D eigenvalue weighted by Gasteiger charge is -2.28. The first-order valence-electron chi connectivity index (χ1n) is 8.34. The Labute approximate surface area is 151 Å². The fraction of sp³-hybridized carbons (Fsp3) is 0.500. The normalized spacial score (nSPS) is 18.6. The summed E-state index contributed by atoms with van der Waals surface area (Å²) in [5, 5.41) is 20.8. The minimum atomic E-state index is -1.22. The standard InChI is InChI=1S/C18H24N2O6/c1-18(2,3)10-13(16(23)24)20-15(22)14(19-17(20)25)11-4-6-12(7-5-11)26-9-8-21/h4-7,13-14,21H,8-10H2,1-3H3,(H,19,25)(H,23,24). The van der Waals surface area contributed by atoms with Gasteiger partial charge in [-0.2, -0.15) is 0 Å². The van der Waals surface area contributed by atoms with Crippen LogP contribution in [0.4, 0.5) is 4.79 Å². The summed E-state index contributed by atoms with van der Waals surface area (Å²) in [4.78, 5) is 37.4. The van der Waals surface area contributed by atoms with Crippen LogP contribution < -0.4 is 10.1 Å². The predicted octanol–water partition coefficient (Wildman–Crippen LogP) is 1.54. The molecule has 1 saturated heterocycles. The van der Waals surface area contributed by atoms with E-state index in [2.05, 4.69) is 5.32 Å². The summed E-state index contributed by atoms with van der Waals surface area (Å²) in [7, 11) is 0. The van der Waals surface area contributed by atoms with Crippen molar-refractivity contribution in [3.8, 4) is 5.75 Å². The molecule has 2 unspecified atom stereocenters. The third-order valence-corrected chi connectivity index (χ3v) is 3.95. The van der Waals surface area contributed by atoms with Gasteiger partial charge in [-0.1, -0.05) is 32.9 Å². The average molecular weight is 364 g/mol. The Kier molecular flexibility index (Phi) is 5.86. The number of benzene rings is 1. The van der Waals surface area contributed by atoms with Gasteiger partial charge in [0.2, 0.25) is 0 Å². The highest BCUT2D eigenvalue weighted by molar-refractivity contribution is 6.07. The molecular formula is C18H24N2O6. The lowest BCUT2D eigenvalue weighted by molar-refractivity contribution is -0.148. The van der Waals surface area contributed by atoms with Crippen molar-refractivity contribution < 1.29 is 29.3 Å². The summed E-state index contributed by atoms with van der Waals surface area (Å²) in [6, 6.07) is 3.62. The molecule has 8 nitrogen and oxygen atoms in total. The van der Waals surface area contributed by atoms with Crippen molar-refractivity contribution >= 4 is 17.9 Å². The summed E-state index contributed by atoms with van der Waals surface area (Å²) in [6.45, 7) is 5.59. The van der Waals surface area contributed by atoms with E-state index in [1.54, 1.807) is 24.3 Å². The molecule has 3 amide bonds. The molecule has 0 bridgehead atoms. The maximum absolute atomic E-state index is 12.7. The second kappa shape index (κ2) is 7.74. The number of urea groups is 1. The summed E-state index contributed by atoms with van der Waals surface area (Å²) in [5.41, 5.74) is 0.162. The Morgan fingerprint density at radius 2 is 1.88 bits per heavy atom. The predicted molar refractivity (Wildman–Crippen MR) is 92.6 cm³/mol. The minimum Gasteiger partial charge on any atom is -0.491 e. The Morgan fingerprint density at radius 1 is 1.27 bits per heavy atom. The van der Waals surface area contributed by atoms with E-state index in [-0.39, 0.29) is 25.0 Å². The molecule has 2 atom stereocenters. The van der Waals surface area contributed by atoms with Gasteiger partial charge in [0.05, 0.1) is 6.61 Å². The zero-order valence-electron chi connectivity index (χ0n) is 15.1. The van der Waals surface area contributed by atoms with Gasteiger partial charge < -0.3 is 20.3 Å². The molecule has 1 fully saturated rings. The molecule has 2 rings (SSSR count). The van der Waals surface area contributed by atoms with Crippen LogP contribution in [0, 0.1) is 5.41 Å². The molecule has 1 aliphatic rings. The van der Waals surface area contributed by atoms with Gasteiger partial charge in [-0.15, -0.1) is 0 Å². The molecule has 1 aliphatic heterocycles. The van der Waals surface area contributed by atoms with Crippen LogP contribution in [0.15, 0.2) is 24.3 Å². The molecular weight excluding hydrogens is 340 g/mol. The molecule has 0 aliphatic carbocycles. The highest BCUT2D eigenvalue weighted by Crippen LogP contribution is 2.30. The topological polar surface area (TPSA) is 116 Å². The number of carboxylic acid groups (broad SMARTS) is 1. The van der Waals surface area contributed by atoms with E-state index in [0.717, 1.165) is 4.90 Å². The number of carboxylic acids is 1. The zero-order chi connectivity index (χ0) is 19.5. The number of aliphatic carboxylic acids is 1. The van der Waals surface area contributed by atoms with Crippen molar-refractivity contribution in [3.63, 3.8) is 0 Å². The Balaban J connectivity index is 2.20. The van der Waals surface area contributed by atoms with Gasteiger partial charge >= 0.3 is 12.0 Å². The number of amides is 3. The maximum atomic E-state index is 12.7. The zero-order valence-corrected chi connectivity index (χ0v) is 15.1. The van der Waals surface area contributed by atoms with Crippen molar-refractivity contribution in [1.82, 2.24) is 10.2 Å². The molecule has 0 spiro atoms. The first kappa shape index (κ1) is 19.7. The Bertz CT molecular complexity index is 680. The molecule has 0 radical (unpaired) electrons.